The van der Waals surface area contributed by atoms with E-state index in [0.29, 0.717) is 6.61 Å². The highest BCUT2D eigenvalue weighted by atomic mass is 32.2. The van der Waals surface area contributed by atoms with E-state index in [0.717, 1.165) is 39.7 Å². The molecule has 0 aliphatic carbocycles. The first-order chi connectivity index (χ1) is 12.3. The van der Waals surface area contributed by atoms with Gasteiger partial charge in [-0.2, -0.15) is 0 Å². The largest absolute Gasteiger partial charge is 0.497 e. The molecule has 0 aliphatic heterocycles. The van der Waals surface area contributed by atoms with Gasteiger partial charge >= 0.3 is 0 Å². The van der Waals surface area contributed by atoms with E-state index < -0.39 is 0 Å². The van der Waals surface area contributed by atoms with Crippen LogP contribution in [0.5, 0.6) is 11.5 Å². The molecule has 0 radical (unpaired) electrons. The van der Waals surface area contributed by atoms with Crippen LogP contribution in [-0.2, 0) is 6.42 Å². The number of hydrogen-bond acceptors (Lipinski definition) is 8. The number of nitrogens with one attached hydrogen (secondary N) is 1. The zero-order chi connectivity index (χ0) is 17.3. The van der Waals surface area contributed by atoms with Gasteiger partial charge in [-0.3, -0.25) is 0 Å². The fourth-order valence-corrected chi connectivity index (χ4v) is 4.42. The Kier molecular flexibility index (Phi) is 6.96. The van der Waals surface area contributed by atoms with Crippen molar-refractivity contribution in [3.63, 3.8) is 0 Å². The molecule has 0 saturated heterocycles. The molecule has 3 aromatic rings. The lowest BCUT2D eigenvalue weighted by Crippen LogP contribution is -2.03. The molecular formula is C17H19N3O2S3. The average Bonchev–Trinajstić information content (AvgIpc) is 3.31. The normalized spacial score (nSPS) is 10.6. The van der Waals surface area contributed by atoms with Gasteiger partial charge in [0.2, 0.25) is 5.13 Å². The zero-order valence-electron chi connectivity index (χ0n) is 13.8. The molecule has 2 heterocycles. The Morgan fingerprint density at radius 3 is 2.72 bits per heavy atom. The highest BCUT2D eigenvalue weighted by Crippen LogP contribution is 2.25. The molecule has 0 saturated carbocycles. The maximum absolute atomic E-state index is 5.71. The van der Waals surface area contributed by atoms with Gasteiger partial charge in [0.1, 0.15) is 11.5 Å². The van der Waals surface area contributed by atoms with Crippen LogP contribution < -0.4 is 14.8 Å². The van der Waals surface area contributed by atoms with Crippen LogP contribution in [0.3, 0.4) is 0 Å². The summed E-state index contributed by atoms with van der Waals surface area (Å²) in [6.45, 7) is 1.50. The van der Waals surface area contributed by atoms with Crippen molar-refractivity contribution in [2.45, 2.75) is 10.8 Å². The lowest BCUT2D eigenvalue weighted by atomic mass is 10.3. The van der Waals surface area contributed by atoms with Gasteiger partial charge in [0, 0.05) is 17.2 Å². The smallest absolute Gasteiger partial charge is 0.206 e. The van der Waals surface area contributed by atoms with Crippen LogP contribution in [0.15, 0.2) is 46.1 Å². The molecular weight excluding hydrogens is 374 g/mol. The molecule has 2 aromatic heterocycles. The minimum absolute atomic E-state index is 0.623. The Hall–Kier alpha value is -1.77. The van der Waals surface area contributed by atoms with E-state index in [1.54, 1.807) is 41.5 Å². The van der Waals surface area contributed by atoms with Gasteiger partial charge in [-0.15, -0.1) is 21.5 Å². The summed E-state index contributed by atoms with van der Waals surface area (Å²) >= 11 is 5.02. The minimum atomic E-state index is 0.623. The van der Waals surface area contributed by atoms with Gasteiger partial charge in [0.05, 0.1) is 13.7 Å². The first-order valence-corrected chi connectivity index (χ1v) is 10.5. The van der Waals surface area contributed by atoms with E-state index in [1.807, 2.05) is 24.3 Å². The summed E-state index contributed by atoms with van der Waals surface area (Å²) in [5, 5.41) is 14.7. The van der Waals surface area contributed by atoms with Crippen molar-refractivity contribution in [1.82, 2.24) is 10.2 Å². The molecule has 0 atom stereocenters. The quantitative estimate of drug-likeness (QED) is 0.406. The molecule has 0 unspecified atom stereocenters. The zero-order valence-corrected chi connectivity index (χ0v) is 16.3. The fourth-order valence-electron chi connectivity index (χ4n) is 2.05. The third-order valence-electron chi connectivity index (χ3n) is 3.27. The second kappa shape index (κ2) is 9.65. The average molecular weight is 394 g/mol. The predicted molar refractivity (Wildman–Crippen MR) is 106 cm³/mol. The molecule has 8 heteroatoms. The number of anilines is 1. The van der Waals surface area contributed by atoms with E-state index in [-0.39, 0.29) is 0 Å². The summed E-state index contributed by atoms with van der Waals surface area (Å²) in [5.74, 6) is 2.50. The van der Waals surface area contributed by atoms with Gasteiger partial charge < -0.3 is 14.8 Å². The lowest BCUT2D eigenvalue weighted by molar-refractivity contribution is 0.342. The van der Waals surface area contributed by atoms with Crippen molar-refractivity contribution >= 4 is 39.6 Å². The van der Waals surface area contributed by atoms with Crippen LogP contribution >= 0.6 is 34.4 Å². The maximum atomic E-state index is 5.71. The first kappa shape index (κ1) is 18.0. The van der Waals surface area contributed by atoms with E-state index in [1.165, 1.54) is 4.88 Å². The SMILES string of the molecule is COc1ccc(OCCSc2nnc(NCCc3cccs3)s2)cc1. The third kappa shape index (κ3) is 5.91. The number of thioether (sulfide) groups is 1. The number of thiophene rings is 1. The Bertz CT molecular complexity index is 745. The van der Waals surface area contributed by atoms with E-state index in [4.69, 9.17) is 9.47 Å². The fraction of sp³-hybridized carbons (Fsp3) is 0.294. The Morgan fingerprint density at radius 2 is 1.96 bits per heavy atom. The van der Waals surface area contributed by atoms with Crippen LogP contribution in [0.25, 0.3) is 0 Å². The Labute approximate surface area is 159 Å². The van der Waals surface area contributed by atoms with Crippen LogP contribution in [0.1, 0.15) is 4.88 Å². The van der Waals surface area contributed by atoms with Crippen molar-refractivity contribution in [1.29, 1.82) is 0 Å². The molecule has 25 heavy (non-hydrogen) atoms. The molecule has 1 N–H and O–H groups in total. The van der Waals surface area contributed by atoms with Crippen molar-refractivity contribution in [3.05, 3.63) is 46.7 Å². The predicted octanol–water partition coefficient (Wildman–Crippen LogP) is 4.43. The second-order valence-corrected chi connectivity index (χ2v) is 8.35. The van der Waals surface area contributed by atoms with Gasteiger partial charge in [0.25, 0.3) is 0 Å². The summed E-state index contributed by atoms with van der Waals surface area (Å²) in [5.41, 5.74) is 0. The number of nitrogens with zero attached hydrogens (tertiary/aromatic N) is 2. The van der Waals surface area contributed by atoms with Crippen LogP contribution in [0, 0.1) is 0 Å². The van der Waals surface area contributed by atoms with Gasteiger partial charge in [-0.1, -0.05) is 29.2 Å². The van der Waals surface area contributed by atoms with Crippen molar-refractivity contribution in [2.24, 2.45) is 0 Å². The monoisotopic (exact) mass is 393 g/mol. The molecule has 132 valence electrons. The van der Waals surface area contributed by atoms with E-state index in [9.17, 15) is 0 Å². The van der Waals surface area contributed by atoms with Crippen molar-refractivity contribution in [2.75, 3.05) is 31.3 Å². The first-order valence-electron chi connectivity index (χ1n) is 7.83. The molecule has 1 aromatic carbocycles. The van der Waals surface area contributed by atoms with Crippen LogP contribution in [0.4, 0.5) is 5.13 Å². The van der Waals surface area contributed by atoms with E-state index >= 15 is 0 Å². The number of benzene rings is 1. The maximum Gasteiger partial charge on any atom is 0.206 e. The Balaban J connectivity index is 1.33. The highest BCUT2D eigenvalue weighted by molar-refractivity contribution is 8.01. The molecule has 0 aliphatic rings. The summed E-state index contributed by atoms with van der Waals surface area (Å²) < 4.78 is 11.8. The standard InChI is InChI=1S/C17H19N3O2S3/c1-21-13-4-6-14(7-5-13)22-10-12-24-17-20-19-16(25-17)18-9-8-15-3-2-11-23-15/h2-7,11H,8-10,12H2,1H3,(H,18,19). The summed E-state index contributed by atoms with van der Waals surface area (Å²) in [4.78, 5) is 1.38. The molecule has 0 spiro atoms. The lowest BCUT2D eigenvalue weighted by Gasteiger charge is -2.05. The minimum Gasteiger partial charge on any atom is -0.497 e. The number of rotatable bonds is 10. The second-order valence-electron chi connectivity index (χ2n) is 5.00. The van der Waals surface area contributed by atoms with Crippen molar-refractivity contribution < 1.29 is 9.47 Å². The van der Waals surface area contributed by atoms with Crippen molar-refractivity contribution in [3.8, 4) is 11.5 Å². The number of hydrogen-bond donors (Lipinski definition) is 1. The number of ether oxygens (including phenoxy) is 2. The van der Waals surface area contributed by atoms with Gasteiger partial charge in [0.15, 0.2) is 4.34 Å². The molecule has 0 amide bonds. The van der Waals surface area contributed by atoms with E-state index in [2.05, 4.69) is 33.0 Å². The molecule has 0 bridgehead atoms. The van der Waals surface area contributed by atoms with Gasteiger partial charge in [-0.25, -0.2) is 0 Å². The number of aromatic nitrogens is 2. The highest BCUT2D eigenvalue weighted by Gasteiger charge is 2.05. The van der Waals surface area contributed by atoms with Crippen LogP contribution in [0.2, 0.25) is 0 Å². The Morgan fingerprint density at radius 1 is 1.12 bits per heavy atom. The topological polar surface area (TPSA) is 56.3 Å². The summed E-state index contributed by atoms with van der Waals surface area (Å²) in [7, 11) is 1.65. The third-order valence-corrected chi connectivity index (χ3v) is 6.19. The van der Waals surface area contributed by atoms with Gasteiger partial charge in [-0.05, 0) is 42.1 Å². The summed E-state index contributed by atoms with van der Waals surface area (Å²) in [6, 6.07) is 11.8. The number of methoxy groups -OCH3 is 1. The molecule has 0 fully saturated rings. The van der Waals surface area contributed by atoms with Crippen LogP contribution in [-0.4, -0.2) is 36.2 Å². The molecule has 3 rings (SSSR count). The molecule has 5 nitrogen and oxygen atoms in total. The summed E-state index contributed by atoms with van der Waals surface area (Å²) in [6.07, 6.45) is 1.01.